The maximum absolute atomic E-state index is 12.4. The van der Waals surface area contributed by atoms with Gasteiger partial charge in [0.1, 0.15) is 5.60 Å². The van der Waals surface area contributed by atoms with E-state index >= 15 is 0 Å². The van der Waals surface area contributed by atoms with Gasteiger partial charge in [-0.05, 0) is 75.6 Å². The van der Waals surface area contributed by atoms with Gasteiger partial charge in [-0.2, -0.15) is 0 Å². The molecule has 29 heavy (non-hydrogen) atoms. The van der Waals surface area contributed by atoms with Gasteiger partial charge in [-0.3, -0.25) is 9.59 Å². The molecule has 160 valence electrons. The molecule has 0 spiro atoms. The monoisotopic (exact) mass is 421 g/mol. The molecule has 7 nitrogen and oxygen atoms in total. The highest BCUT2D eigenvalue weighted by Gasteiger charge is 2.27. The second-order valence-electron chi connectivity index (χ2n) is 8.45. The molecule has 1 heterocycles. The topological polar surface area (TPSA) is 79.0 Å². The Kier molecular flexibility index (Phi) is 7.96. The molecular weight excluding hydrogens is 390 g/mol. The van der Waals surface area contributed by atoms with Gasteiger partial charge in [0.15, 0.2) is 0 Å². The summed E-state index contributed by atoms with van der Waals surface area (Å²) in [7, 11) is 3.42. The van der Waals surface area contributed by atoms with Crippen LogP contribution in [-0.2, 0) is 9.53 Å². The van der Waals surface area contributed by atoms with Gasteiger partial charge in [0.25, 0.3) is 5.24 Å². The summed E-state index contributed by atoms with van der Waals surface area (Å²) in [6, 6.07) is 7.24. The summed E-state index contributed by atoms with van der Waals surface area (Å²) < 4.78 is 5.40. The molecule has 1 saturated heterocycles. The van der Waals surface area contributed by atoms with Crippen LogP contribution >= 0.6 is 11.8 Å². The van der Waals surface area contributed by atoms with Crippen LogP contribution in [0.2, 0.25) is 0 Å². The third-order valence-corrected chi connectivity index (χ3v) is 5.50. The summed E-state index contributed by atoms with van der Waals surface area (Å²) in [5.41, 5.74) is 0.213. The number of carbonyl (C=O) groups excluding carboxylic acids is 3. The minimum Gasteiger partial charge on any atom is -0.444 e. The van der Waals surface area contributed by atoms with E-state index in [-0.39, 0.29) is 23.2 Å². The van der Waals surface area contributed by atoms with Crippen LogP contribution in [0.15, 0.2) is 29.2 Å². The normalized spacial score (nSPS) is 15.0. The van der Waals surface area contributed by atoms with E-state index in [0.717, 1.165) is 29.5 Å². The zero-order valence-electron chi connectivity index (χ0n) is 17.9. The first-order valence-electron chi connectivity index (χ1n) is 9.80. The molecule has 0 saturated carbocycles. The lowest BCUT2D eigenvalue weighted by Gasteiger charge is -2.33. The number of ether oxygens (including phenoxy) is 1. The SMILES string of the molecule is CN(C)C(=O)Sc1ccc(NC(=O)CC2CCN(C(=O)OC(C)(C)C)CC2)cc1. The van der Waals surface area contributed by atoms with Crippen molar-refractivity contribution >= 4 is 34.7 Å². The number of anilines is 1. The predicted octanol–water partition coefficient (Wildman–Crippen LogP) is 4.44. The zero-order chi connectivity index (χ0) is 21.6. The van der Waals surface area contributed by atoms with Crippen molar-refractivity contribution < 1.29 is 19.1 Å². The Hall–Kier alpha value is -2.22. The number of nitrogens with zero attached hydrogens (tertiary/aromatic N) is 2. The second-order valence-corrected chi connectivity index (χ2v) is 9.47. The Balaban J connectivity index is 1.76. The third kappa shape index (κ3) is 7.97. The van der Waals surface area contributed by atoms with E-state index in [9.17, 15) is 14.4 Å². The molecule has 0 atom stereocenters. The molecule has 0 aliphatic carbocycles. The lowest BCUT2D eigenvalue weighted by Crippen LogP contribution is -2.42. The van der Waals surface area contributed by atoms with Gasteiger partial charge in [0.05, 0.1) is 0 Å². The maximum Gasteiger partial charge on any atom is 0.410 e. The van der Waals surface area contributed by atoms with Crippen LogP contribution < -0.4 is 5.32 Å². The smallest absolute Gasteiger partial charge is 0.410 e. The number of hydrogen-bond acceptors (Lipinski definition) is 5. The summed E-state index contributed by atoms with van der Waals surface area (Å²) >= 11 is 1.15. The predicted molar refractivity (Wildman–Crippen MR) is 115 cm³/mol. The van der Waals surface area contributed by atoms with Crippen molar-refractivity contribution in [3.63, 3.8) is 0 Å². The second kappa shape index (κ2) is 10.0. The number of likely N-dealkylation sites (tertiary alicyclic amines) is 1. The van der Waals surface area contributed by atoms with Gasteiger partial charge in [-0.1, -0.05) is 0 Å². The average molecular weight is 422 g/mol. The van der Waals surface area contributed by atoms with Gasteiger partial charge < -0.3 is 19.9 Å². The Morgan fingerprint density at radius 1 is 1.14 bits per heavy atom. The molecule has 0 bridgehead atoms. The fourth-order valence-corrected chi connectivity index (χ4v) is 3.58. The molecule has 0 radical (unpaired) electrons. The summed E-state index contributed by atoms with van der Waals surface area (Å²) in [6.45, 7) is 6.78. The first-order valence-corrected chi connectivity index (χ1v) is 10.6. The van der Waals surface area contributed by atoms with Crippen molar-refractivity contribution in [3.05, 3.63) is 24.3 Å². The fourth-order valence-electron chi connectivity index (χ4n) is 2.92. The summed E-state index contributed by atoms with van der Waals surface area (Å²) in [5, 5.41) is 2.87. The first kappa shape index (κ1) is 23.1. The number of piperidine rings is 1. The quantitative estimate of drug-likeness (QED) is 0.727. The Labute approximate surface area is 177 Å². The Bertz CT molecular complexity index is 720. The number of carbonyl (C=O) groups is 3. The van der Waals surface area contributed by atoms with Gasteiger partial charge in [0.2, 0.25) is 5.91 Å². The fraction of sp³-hybridized carbons (Fsp3) is 0.571. The van der Waals surface area contributed by atoms with E-state index in [1.807, 2.05) is 32.9 Å². The van der Waals surface area contributed by atoms with Crippen LogP contribution in [0, 0.1) is 5.92 Å². The Morgan fingerprint density at radius 3 is 2.24 bits per heavy atom. The standard InChI is InChI=1S/C21H31N3O4S/c1-21(2,3)28-19(26)24-12-10-15(11-13-24)14-18(25)22-16-6-8-17(9-7-16)29-20(27)23(4)5/h6-9,15H,10-14H2,1-5H3,(H,22,25). The minimum absolute atomic E-state index is 0.0366. The number of amides is 3. The number of benzene rings is 1. The van der Waals surface area contributed by atoms with Crippen LogP contribution in [-0.4, -0.2) is 59.8 Å². The summed E-state index contributed by atoms with van der Waals surface area (Å²) in [5.74, 6) is 0.215. The number of thioether (sulfide) groups is 1. The number of hydrogen-bond donors (Lipinski definition) is 1. The van der Waals surface area contributed by atoms with Gasteiger partial charge >= 0.3 is 6.09 Å². The highest BCUT2D eigenvalue weighted by Crippen LogP contribution is 2.25. The molecule has 1 aromatic carbocycles. The lowest BCUT2D eigenvalue weighted by molar-refractivity contribution is -0.117. The zero-order valence-corrected chi connectivity index (χ0v) is 18.7. The number of rotatable bonds is 4. The van der Waals surface area contributed by atoms with Crippen molar-refractivity contribution in [1.29, 1.82) is 0 Å². The van der Waals surface area contributed by atoms with Gasteiger partial charge in [0, 0.05) is 44.2 Å². The van der Waals surface area contributed by atoms with Crippen LogP contribution in [0.1, 0.15) is 40.0 Å². The van der Waals surface area contributed by atoms with Gasteiger partial charge in [-0.25, -0.2) is 4.79 Å². The molecular formula is C21H31N3O4S. The Morgan fingerprint density at radius 2 is 1.72 bits per heavy atom. The van der Waals surface area contributed by atoms with Crippen molar-refractivity contribution in [1.82, 2.24) is 9.80 Å². The molecule has 3 amide bonds. The van der Waals surface area contributed by atoms with Crippen LogP contribution in [0.5, 0.6) is 0 Å². The van der Waals surface area contributed by atoms with E-state index in [2.05, 4.69) is 5.32 Å². The first-order chi connectivity index (χ1) is 13.5. The van der Waals surface area contributed by atoms with Crippen molar-refractivity contribution in [2.45, 2.75) is 50.5 Å². The van der Waals surface area contributed by atoms with Crippen LogP contribution in [0.3, 0.4) is 0 Å². The largest absolute Gasteiger partial charge is 0.444 e. The summed E-state index contributed by atoms with van der Waals surface area (Å²) in [4.78, 5) is 40.2. The lowest BCUT2D eigenvalue weighted by atomic mass is 9.93. The molecule has 2 rings (SSSR count). The van der Waals surface area contributed by atoms with E-state index in [1.54, 1.807) is 31.1 Å². The molecule has 1 aliphatic rings. The molecule has 0 aromatic heterocycles. The van der Waals surface area contributed by atoms with E-state index < -0.39 is 5.60 Å². The van der Waals surface area contributed by atoms with Crippen molar-refractivity contribution in [3.8, 4) is 0 Å². The third-order valence-electron chi connectivity index (χ3n) is 4.45. The molecule has 1 N–H and O–H groups in total. The average Bonchev–Trinajstić information content (AvgIpc) is 2.62. The minimum atomic E-state index is -0.498. The van der Waals surface area contributed by atoms with E-state index in [4.69, 9.17) is 4.74 Å². The molecule has 8 heteroatoms. The van der Waals surface area contributed by atoms with Crippen LogP contribution in [0.4, 0.5) is 15.3 Å². The number of nitrogens with one attached hydrogen (secondary N) is 1. The maximum atomic E-state index is 12.4. The van der Waals surface area contributed by atoms with Crippen molar-refractivity contribution in [2.24, 2.45) is 5.92 Å². The van der Waals surface area contributed by atoms with E-state index in [1.165, 1.54) is 4.90 Å². The van der Waals surface area contributed by atoms with Gasteiger partial charge in [-0.15, -0.1) is 0 Å². The summed E-state index contributed by atoms with van der Waals surface area (Å²) in [6.07, 6.45) is 1.72. The molecule has 1 fully saturated rings. The molecule has 1 aliphatic heterocycles. The van der Waals surface area contributed by atoms with Crippen LogP contribution in [0.25, 0.3) is 0 Å². The highest BCUT2D eigenvalue weighted by atomic mass is 32.2. The van der Waals surface area contributed by atoms with Crippen molar-refractivity contribution in [2.75, 3.05) is 32.5 Å². The highest BCUT2D eigenvalue weighted by molar-refractivity contribution is 8.13. The molecule has 1 aromatic rings. The molecule has 0 unspecified atom stereocenters. The van der Waals surface area contributed by atoms with E-state index in [0.29, 0.717) is 25.2 Å².